The highest BCUT2D eigenvalue weighted by molar-refractivity contribution is 9.10. The summed E-state index contributed by atoms with van der Waals surface area (Å²) in [7, 11) is 3.11. The smallest absolute Gasteiger partial charge is 0.262 e. The number of rotatable bonds is 7. The highest BCUT2D eigenvalue weighted by Gasteiger charge is 2.17. The summed E-state index contributed by atoms with van der Waals surface area (Å²) < 4.78 is 11.4. The highest BCUT2D eigenvalue weighted by Crippen LogP contribution is 2.25. The van der Waals surface area contributed by atoms with Crippen LogP contribution >= 0.6 is 15.9 Å². The topological polar surface area (TPSA) is 89.0 Å². The van der Waals surface area contributed by atoms with E-state index in [0.717, 1.165) is 10.0 Å². The number of nitrogens with zero attached hydrogens (tertiary/aromatic N) is 1. The molecule has 2 rings (SSSR count). The second kappa shape index (κ2) is 9.89. The van der Waals surface area contributed by atoms with Crippen LogP contribution in [0.2, 0.25) is 0 Å². The van der Waals surface area contributed by atoms with Crippen LogP contribution in [-0.2, 0) is 4.79 Å². The van der Waals surface area contributed by atoms with Crippen LogP contribution in [0.3, 0.4) is 0 Å². The minimum atomic E-state index is -0.759. The lowest BCUT2D eigenvalue weighted by molar-refractivity contribution is -0.122. The Labute approximate surface area is 172 Å². The Hall–Kier alpha value is -2.87. The summed E-state index contributed by atoms with van der Waals surface area (Å²) in [6.07, 6.45) is 0. The van der Waals surface area contributed by atoms with Gasteiger partial charge in [-0.15, -0.1) is 0 Å². The summed E-state index contributed by atoms with van der Waals surface area (Å²) >= 11 is 3.31. The molecule has 0 fully saturated rings. The summed E-state index contributed by atoms with van der Waals surface area (Å²) in [6.45, 7) is 3.33. The number of benzene rings is 2. The Bertz CT molecular complexity index is 882. The molecule has 0 spiro atoms. The van der Waals surface area contributed by atoms with Gasteiger partial charge in [0.15, 0.2) is 0 Å². The molecular weight excluding hydrogens is 426 g/mol. The third kappa shape index (κ3) is 5.56. The van der Waals surface area contributed by atoms with E-state index in [0.29, 0.717) is 22.8 Å². The van der Waals surface area contributed by atoms with Crippen molar-refractivity contribution in [3.8, 4) is 11.5 Å². The molecule has 2 aromatic carbocycles. The number of carbonyl (C=O) groups is 2. The number of carbonyl (C=O) groups excluding carboxylic acids is 2. The zero-order valence-corrected chi connectivity index (χ0v) is 17.7. The van der Waals surface area contributed by atoms with Crippen molar-refractivity contribution >= 4 is 33.5 Å². The van der Waals surface area contributed by atoms with E-state index in [9.17, 15) is 9.59 Å². The zero-order valence-electron chi connectivity index (χ0n) is 16.1. The molecule has 0 aromatic heterocycles. The lowest BCUT2D eigenvalue weighted by Gasteiger charge is -2.13. The largest absolute Gasteiger partial charge is 0.497 e. The molecule has 28 heavy (non-hydrogen) atoms. The molecule has 0 aliphatic rings. The van der Waals surface area contributed by atoms with Crippen LogP contribution in [0.4, 0.5) is 0 Å². The first-order valence-electron chi connectivity index (χ1n) is 8.48. The van der Waals surface area contributed by atoms with Crippen molar-refractivity contribution in [1.82, 2.24) is 10.7 Å². The van der Waals surface area contributed by atoms with Crippen LogP contribution in [-0.4, -0.2) is 37.8 Å². The standard InChI is InChI=1S/C20H22BrN3O4/c1-12(17-10-9-16(27-3)11-18(17)28-4)23-24-19(25)13(2)22-20(26)14-5-7-15(21)8-6-14/h5-11,13H,1-4H3,(H,22,26)(H,24,25)/b23-12-. The lowest BCUT2D eigenvalue weighted by atomic mass is 10.1. The summed E-state index contributed by atoms with van der Waals surface area (Å²) in [5.41, 5.74) is 4.20. The first-order chi connectivity index (χ1) is 13.3. The van der Waals surface area contributed by atoms with Gasteiger partial charge in [-0.25, -0.2) is 5.43 Å². The molecule has 0 heterocycles. The van der Waals surface area contributed by atoms with Crippen molar-refractivity contribution in [2.75, 3.05) is 14.2 Å². The van der Waals surface area contributed by atoms with E-state index in [1.165, 1.54) is 0 Å². The van der Waals surface area contributed by atoms with E-state index >= 15 is 0 Å². The van der Waals surface area contributed by atoms with Gasteiger partial charge in [-0.3, -0.25) is 9.59 Å². The normalized spacial score (nSPS) is 12.1. The van der Waals surface area contributed by atoms with Crippen molar-refractivity contribution in [3.63, 3.8) is 0 Å². The van der Waals surface area contributed by atoms with Crippen LogP contribution in [0.25, 0.3) is 0 Å². The average Bonchev–Trinajstić information content (AvgIpc) is 2.71. The van der Waals surface area contributed by atoms with Gasteiger partial charge >= 0.3 is 0 Å². The molecule has 2 amide bonds. The van der Waals surface area contributed by atoms with Crippen LogP contribution < -0.4 is 20.2 Å². The summed E-state index contributed by atoms with van der Waals surface area (Å²) in [5.74, 6) is 0.457. The molecule has 0 aliphatic heterocycles. The van der Waals surface area contributed by atoms with Gasteiger partial charge in [-0.1, -0.05) is 15.9 Å². The quantitative estimate of drug-likeness (QED) is 0.503. The molecule has 7 nitrogen and oxygen atoms in total. The van der Waals surface area contributed by atoms with Crippen molar-refractivity contribution < 1.29 is 19.1 Å². The van der Waals surface area contributed by atoms with Gasteiger partial charge in [0.25, 0.3) is 11.8 Å². The average molecular weight is 448 g/mol. The Balaban J connectivity index is 2.01. The number of amides is 2. The van der Waals surface area contributed by atoms with Crippen LogP contribution in [0.15, 0.2) is 52.0 Å². The van der Waals surface area contributed by atoms with Crippen LogP contribution in [0, 0.1) is 0 Å². The van der Waals surface area contributed by atoms with E-state index < -0.39 is 11.9 Å². The van der Waals surface area contributed by atoms with Crippen molar-refractivity contribution in [2.24, 2.45) is 5.10 Å². The minimum Gasteiger partial charge on any atom is -0.497 e. The first kappa shape index (κ1) is 21.4. The van der Waals surface area contributed by atoms with E-state index in [1.54, 1.807) is 70.5 Å². The van der Waals surface area contributed by atoms with Gasteiger partial charge < -0.3 is 14.8 Å². The maximum absolute atomic E-state index is 12.3. The van der Waals surface area contributed by atoms with Gasteiger partial charge in [0.05, 0.1) is 19.9 Å². The van der Waals surface area contributed by atoms with E-state index in [1.807, 2.05) is 0 Å². The molecule has 1 atom stereocenters. The molecule has 8 heteroatoms. The predicted octanol–water partition coefficient (Wildman–Crippen LogP) is 3.13. The third-order valence-electron chi connectivity index (χ3n) is 3.98. The number of hydrogen-bond acceptors (Lipinski definition) is 5. The Morgan fingerprint density at radius 3 is 2.36 bits per heavy atom. The second-order valence-corrected chi connectivity index (χ2v) is 6.86. The minimum absolute atomic E-state index is 0.340. The third-order valence-corrected chi connectivity index (χ3v) is 4.51. The van der Waals surface area contributed by atoms with Crippen LogP contribution in [0.5, 0.6) is 11.5 Å². The second-order valence-electron chi connectivity index (χ2n) is 5.94. The maximum atomic E-state index is 12.3. The fourth-order valence-electron chi connectivity index (χ4n) is 2.34. The number of hydrogen-bond donors (Lipinski definition) is 2. The van der Waals surface area contributed by atoms with E-state index in [4.69, 9.17) is 9.47 Å². The predicted molar refractivity (Wildman–Crippen MR) is 111 cm³/mol. The summed E-state index contributed by atoms with van der Waals surface area (Å²) in [4.78, 5) is 24.5. The van der Waals surface area contributed by atoms with E-state index in [-0.39, 0.29) is 5.91 Å². The summed E-state index contributed by atoms with van der Waals surface area (Å²) in [6, 6.07) is 11.4. The number of halogens is 1. The molecule has 148 valence electrons. The fourth-order valence-corrected chi connectivity index (χ4v) is 2.60. The van der Waals surface area contributed by atoms with Gasteiger partial charge in [0, 0.05) is 21.7 Å². The molecule has 2 N–H and O–H groups in total. The van der Waals surface area contributed by atoms with Crippen molar-refractivity contribution in [3.05, 3.63) is 58.1 Å². The van der Waals surface area contributed by atoms with Gasteiger partial charge in [0.1, 0.15) is 17.5 Å². The summed E-state index contributed by atoms with van der Waals surface area (Å²) in [5, 5.41) is 6.75. The molecule has 0 radical (unpaired) electrons. The van der Waals surface area contributed by atoms with Gasteiger partial charge in [-0.05, 0) is 50.2 Å². The number of nitrogens with one attached hydrogen (secondary N) is 2. The fraction of sp³-hybridized carbons (Fsp3) is 0.250. The number of hydrazone groups is 1. The Kier molecular flexibility index (Phi) is 7.57. The van der Waals surface area contributed by atoms with Crippen molar-refractivity contribution in [1.29, 1.82) is 0 Å². The van der Waals surface area contributed by atoms with Gasteiger partial charge in [-0.2, -0.15) is 5.10 Å². The molecule has 2 aromatic rings. The molecular formula is C20H22BrN3O4. The molecule has 0 saturated heterocycles. The monoisotopic (exact) mass is 447 g/mol. The number of ether oxygens (including phenoxy) is 2. The Morgan fingerprint density at radius 1 is 1.07 bits per heavy atom. The number of methoxy groups -OCH3 is 2. The molecule has 0 bridgehead atoms. The van der Waals surface area contributed by atoms with E-state index in [2.05, 4.69) is 31.8 Å². The molecule has 0 saturated carbocycles. The van der Waals surface area contributed by atoms with Crippen LogP contribution in [0.1, 0.15) is 29.8 Å². The SMILES string of the molecule is COc1ccc(/C(C)=N\NC(=O)C(C)NC(=O)c2ccc(Br)cc2)c(OC)c1. The van der Waals surface area contributed by atoms with Gasteiger partial charge in [0.2, 0.25) is 0 Å². The molecule has 0 aliphatic carbocycles. The lowest BCUT2D eigenvalue weighted by Crippen LogP contribution is -2.43. The first-order valence-corrected chi connectivity index (χ1v) is 9.28. The Morgan fingerprint density at radius 2 is 1.75 bits per heavy atom. The highest BCUT2D eigenvalue weighted by atomic mass is 79.9. The zero-order chi connectivity index (χ0) is 20.7. The maximum Gasteiger partial charge on any atom is 0.262 e. The molecule has 1 unspecified atom stereocenters. The van der Waals surface area contributed by atoms with Crippen molar-refractivity contribution in [2.45, 2.75) is 19.9 Å².